The molecule has 10 heteroatoms. The number of hydrogen-bond donors (Lipinski definition) is 0. The Balaban J connectivity index is 1.54. The molecule has 0 radical (unpaired) electrons. The smallest absolute Gasteiger partial charge is 0.405 e. The molecule has 2 aromatic carbocycles. The predicted molar refractivity (Wildman–Crippen MR) is 131 cm³/mol. The number of para-hydroxylation sites is 1. The van der Waals surface area contributed by atoms with Gasteiger partial charge >= 0.3 is 6.36 Å². The number of rotatable bonds is 10. The van der Waals surface area contributed by atoms with Gasteiger partial charge in [0.15, 0.2) is 5.82 Å². The summed E-state index contributed by atoms with van der Waals surface area (Å²) in [5.41, 5.74) is 1.55. The maximum absolute atomic E-state index is 13.2. The van der Waals surface area contributed by atoms with Crippen LogP contribution in [0.3, 0.4) is 0 Å². The predicted octanol–water partition coefficient (Wildman–Crippen LogP) is 4.79. The van der Waals surface area contributed by atoms with Crippen molar-refractivity contribution in [3.8, 4) is 5.75 Å². The van der Waals surface area contributed by atoms with Crippen molar-refractivity contribution in [2.24, 2.45) is 0 Å². The zero-order valence-electron chi connectivity index (χ0n) is 20.3. The number of piperazine rings is 1. The normalized spacial score (nSPS) is 16.4. The fraction of sp³-hybridized carbons (Fsp3) is 0.423. The lowest BCUT2D eigenvalue weighted by Crippen LogP contribution is -2.48. The van der Waals surface area contributed by atoms with Crippen LogP contribution >= 0.6 is 0 Å². The Bertz CT molecular complexity index is 1110. The number of unbranched alkanes of at least 4 members (excludes halogenated alkanes) is 1. The summed E-state index contributed by atoms with van der Waals surface area (Å²) in [7, 11) is 0. The van der Waals surface area contributed by atoms with Gasteiger partial charge in [-0.25, -0.2) is 4.68 Å². The summed E-state index contributed by atoms with van der Waals surface area (Å²) in [5, 5.41) is 12.2. The summed E-state index contributed by atoms with van der Waals surface area (Å²) in [4.78, 5) is 4.47. The molecule has 1 aromatic heterocycles. The van der Waals surface area contributed by atoms with Gasteiger partial charge < -0.3 is 4.74 Å². The van der Waals surface area contributed by atoms with E-state index in [9.17, 15) is 13.2 Å². The minimum absolute atomic E-state index is 0.228. The number of aromatic nitrogens is 4. The van der Waals surface area contributed by atoms with E-state index in [0.717, 1.165) is 38.0 Å². The van der Waals surface area contributed by atoms with Crippen LogP contribution in [-0.2, 0) is 6.54 Å². The van der Waals surface area contributed by atoms with E-state index in [2.05, 4.69) is 61.3 Å². The lowest BCUT2D eigenvalue weighted by atomic mass is 10.0. The van der Waals surface area contributed by atoms with Crippen LogP contribution in [0.5, 0.6) is 5.75 Å². The molecule has 0 aliphatic carbocycles. The minimum atomic E-state index is -4.79. The average Bonchev–Trinajstić information content (AvgIpc) is 3.33. The first-order valence-corrected chi connectivity index (χ1v) is 12.2. The topological polar surface area (TPSA) is 59.3 Å². The second kappa shape index (κ2) is 12.1. The molecule has 0 N–H and O–H groups in total. The van der Waals surface area contributed by atoms with Crippen molar-refractivity contribution in [3.05, 3.63) is 77.6 Å². The van der Waals surface area contributed by atoms with Crippen molar-refractivity contribution >= 4 is 6.08 Å². The van der Waals surface area contributed by atoms with Gasteiger partial charge in [0, 0.05) is 44.8 Å². The Kier molecular flexibility index (Phi) is 8.71. The molecule has 2 heterocycles. The van der Waals surface area contributed by atoms with E-state index in [1.807, 2.05) is 18.2 Å². The van der Waals surface area contributed by atoms with Gasteiger partial charge in [-0.15, -0.1) is 18.3 Å². The zero-order valence-corrected chi connectivity index (χ0v) is 20.3. The standard InChI is InChI=1S/C26H31F3N6O/c1-2-3-16-35-25(30-31-32-35)24(22-13-7-8-14-23(22)36-26(27,28)29)34-19-17-33(18-20-34)15-9-12-21-10-5-4-6-11-21/h4-14,24H,2-3,15-20H2,1H3/b12-9+. The maximum atomic E-state index is 13.2. The van der Waals surface area contributed by atoms with Gasteiger partial charge in [-0.3, -0.25) is 9.80 Å². The van der Waals surface area contributed by atoms with E-state index >= 15 is 0 Å². The Morgan fingerprint density at radius 2 is 1.72 bits per heavy atom. The van der Waals surface area contributed by atoms with Gasteiger partial charge in [-0.1, -0.05) is 74.0 Å². The molecule has 1 fully saturated rings. The van der Waals surface area contributed by atoms with Crippen molar-refractivity contribution < 1.29 is 17.9 Å². The van der Waals surface area contributed by atoms with E-state index in [1.165, 1.54) is 6.07 Å². The van der Waals surface area contributed by atoms with E-state index in [4.69, 9.17) is 0 Å². The summed E-state index contributed by atoms with van der Waals surface area (Å²) >= 11 is 0. The van der Waals surface area contributed by atoms with E-state index in [0.29, 0.717) is 31.0 Å². The first-order chi connectivity index (χ1) is 17.4. The second-order valence-corrected chi connectivity index (χ2v) is 8.75. The molecular weight excluding hydrogens is 469 g/mol. The molecule has 0 spiro atoms. The van der Waals surface area contributed by atoms with Crippen molar-refractivity contribution in [1.29, 1.82) is 0 Å². The summed E-state index contributed by atoms with van der Waals surface area (Å²) in [6, 6.07) is 15.8. The number of hydrogen-bond acceptors (Lipinski definition) is 6. The minimum Gasteiger partial charge on any atom is -0.405 e. The van der Waals surface area contributed by atoms with Crippen LogP contribution in [0.15, 0.2) is 60.7 Å². The molecule has 0 amide bonds. The fourth-order valence-corrected chi connectivity index (χ4v) is 4.40. The third-order valence-electron chi connectivity index (χ3n) is 6.21. The number of ether oxygens (including phenoxy) is 1. The van der Waals surface area contributed by atoms with Crippen LogP contribution in [0.2, 0.25) is 0 Å². The Hall–Kier alpha value is -3.24. The van der Waals surface area contributed by atoms with Gasteiger partial charge in [0.1, 0.15) is 11.8 Å². The summed E-state index contributed by atoms with van der Waals surface area (Å²) in [6.07, 6.45) is 1.26. The Morgan fingerprint density at radius 3 is 2.44 bits per heavy atom. The molecule has 0 bridgehead atoms. The summed E-state index contributed by atoms with van der Waals surface area (Å²) in [6.45, 7) is 6.33. The highest BCUT2D eigenvalue weighted by Crippen LogP contribution is 2.36. The quantitative estimate of drug-likeness (QED) is 0.399. The second-order valence-electron chi connectivity index (χ2n) is 8.75. The van der Waals surface area contributed by atoms with Crippen molar-refractivity contribution in [1.82, 2.24) is 30.0 Å². The van der Waals surface area contributed by atoms with Crippen molar-refractivity contribution in [3.63, 3.8) is 0 Å². The molecule has 192 valence electrons. The highest BCUT2D eigenvalue weighted by Gasteiger charge is 2.36. The number of benzene rings is 2. The molecule has 36 heavy (non-hydrogen) atoms. The maximum Gasteiger partial charge on any atom is 0.573 e. The first kappa shape index (κ1) is 25.8. The largest absolute Gasteiger partial charge is 0.573 e. The van der Waals surface area contributed by atoms with Crippen LogP contribution in [0.1, 0.15) is 42.8 Å². The Morgan fingerprint density at radius 1 is 1.00 bits per heavy atom. The monoisotopic (exact) mass is 500 g/mol. The molecule has 0 saturated carbocycles. The molecule has 7 nitrogen and oxygen atoms in total. The first-order valence-electron chi connectivity index (χ1n) is 12.2. The highest BCUT2D eigenvalue weighted by atomic mass is 19.4. The van der Waals surface area contributed by atoms with Crippen LogP contribution < -0.4 is 4.74 Å². The SMILES string of the molecule is CCCCn1nnnc1C(c1ccccc1OC(F)(F)F)N1CCN(C/C=C/c2ccccc2)CC1. The van der Waals surface area contributed by atoms with Crippen LogP contribution in [0.4, 0.5) is 13.2 Å². The molecule has 1 aliphatic rings. The number of nitrogens with zero attached hydrogens (tertiary/aromatic N) is 6. The van der Waals surface area contributed by atoms with Crippen LogP contribution in [0.25, 0.3) is 6.08 Å². The zero-order chi connectivity index (χ0) is 25.4. The van der Waals surface area contributed by atoms with Crippen molar-refractivity contribution in [2.45, 2.75) is 38.7 Å². The van der Waals surface area contributed by atoms with E-state index in [-0.39, 0.29) is 5.75 Å². The van der Waals surface area contributed by atoms with E-state index < -0.39 is 12.4 Å². The molecule has 4 rings (SSSR count). The number of tetrazole rings is 1. The number of alkyl halides is 3. The van der Waals surface area contributed by atoms with Gasteiger partial charge in [0.2, 0.25) is 0 Å². The third-order valence-corrected chi connectivity index (χ3v) is 6.21. The van der Waals surface area contributed by atoms with Gasteiger partial charge in [0.05, 0.1) is 0 Å². The summed E-state index contributed by atoms with van der Waals surface area (Å²) in [5.74, 6) is 0.298. The van der Waals surface area contributed by atoms with E-state index in [1.54, 1.807) is 22.9 Å². The van der Waals surface area contributed by atoms with Gasteiger partial charge in [-0.05, 0) is 28.5 Å². The van der Waals surface area contributed by atoms with Crippen molar-refractivity contribution in [2.75, 3.05) is 32.7 Å². The fourth-order valence-electron chi connectivity index (χ4n) is 4.40. The lowest BCUT2D eigenvalue weighted by Gasteiger charge is -2.39. The molecule has 1 unspecified atom stereocenters. The molecule has 1 saturated heterocycles. The van der Waals surface area contributed by atoms with Gasteiger partial charge in [-0.2, -0.15) is 0 Å². The highest BCUT2D eigenvalue weighted by molar-refractivity contribution is 5.48. The molecule has 1 aliphatic heterocycles. The Labute approximate surface area is 209 Å². The lowest BCUT2D eigenvalue weighted by molar-refractivity contribution is -0.275. The van der Waals surface area contributed by atoms with Gasteiger partial charge in [0.25, 0.3) is 0 Å². The molecular formula is C26H31F3N6O. The number of aryl methyl sites for hydroxylation is 1. The summed E-state index contributed by atoms with van der Waals surface area (Å²) < 4.78 is 45.8. The molecule has 1 atom stereocenters. The third kappa shape index (κ3) is 6.92. The van der Waals surface area contributed by atoms with Crippen LogP contribution in [0, 0.1) is 0 Å². The molecule has 3 aromatic rings. The average molecular weight is 501 g/mol. The van der Waals surface area contributed by atoms with Crippen LogP contribution in [-0.4, -0.2) is 69.1 Å². The number of halogens is 3.